The zero-order valence-electron chi connectivity index (χ0n) is 31.5. The van der Waals surface area contributed by atoms with Gasteiger partial charge in [0.1, 0.15) is 11.2 Å². The van der Waals surface area contributed by atoms with E-state index in [1.165, 1.54) is 21.5 Å². The van der Waals surface area contributed by atoms with E-state index in [9.17, 15) is 0 Å². The largest absolute Gasteiger partial charge is 0.698 e. The molecule has 0 aliphatic rings. The number of rotatable bonds is 16. The summed E-state index contributed by atoms with van der Waals surface area (Å²) in [6, 6.07) is 71.7. The Bertz CT molecular complexity index is 2240. The molecule has 8 aromatic rings. The first kappa shape index (κ1) is 37.2. The van der Waals surface area contributed by atoms with Crippen LogP contribution in [0.4, 0.5) is 0 Å². The number of hydrogen-bond acceptors (Lipinski definition) is 3. The van der Waals surface area contributed by atoms with Gasteiger partial charge in [-0.15, -0.1) is 9.05 Å². The van der Waals surface area contributed by atoms with Crippen LogP contribution in [0.25, 0.3) is 21.5 Å². The van der Waals surface area contributed by atoms with E-state index in [-0.39, 0.29) is 0 Å². The van der Waals surface area contributed by atoms with Crippen LogP contribution in [-0.4, -0.2) is 11.2 Å². The average molecular weight is 750 g/mol. The van der Waals surface area contributed by atoms with Gasteiger partial charge >= 0.3 is 8.25 Å². The van der Waals surface area contributed by atoms with E-state index in [0.717, 1.165) is 33.4 Å². The van der Waals surface area contributed by atoms with Gasteiger partial charge in [0.2, 0.25) is 0 Å². The van der Waals surface area contributed by atoms with Gasteiger partial charge in [-0.3, -0.25) is 0 Å². The molecule has 0 N–H and O–H groups in total. The van der Waals surface area contributed by atoms with Gasteiger partial charge in [0.05, 0.1) is 0 Å². The number of benzene rings is 8. The molecule has 0 heterocycles. The highest BCUT2D eigenvalue weighted by Gasteiger charge is 2.48. The van der Waals surface area contributed by atoms with Crippen LogP contribution in [0.5, 0.6) is 0 Å². The Kier molecular flexibility index (Phi) is 11.6. The number of fused-ring (bicyclic) bond motifs is 2. The first-order valence-electron chi connectivity index (χ1n) is 19.5. The van der Waals surface area contributed by atoms with Crippen molar-refractivity contribution in [3.8, 4) is 0 Å². The minimum Gasteiger partial charge on any atom is -0.111 e. The van der Waals surface area contributed by atoms with Crippen LogP contribution in [-0.2, 0) is 52.1 Å². The molecule has 8 rings (SSSR count). The Labute approximate surface area is 331 Å². The Morgan fingerprint density at radius 1 is 0.304 bits per heavy atom. The highest BCUT2D eigenvalue weighted by Crippen LogP contribution is 2.44. The molecule has 8 aromatic carbocycles. The van der Waals surface area contributed by atoms with Gasteiger partial charge in [0.25, 0.3) is 0 Å². The van der Waals surface area contributed by atoms with E-state index in [4.69, 9.17) is 9.05 Å². The fourth-order valence-corrected chi connectivity index (χ4v) is 9.27. The summed E-state index contributed by atoms with van der Waals surface area (Å²) in [6.07, 6.45) is 3.29. The van der Waals surface area contributed by atoms with Gasteiger partial charge in [0.15, 0.2) is 0 Å². The van der Waals surface area contributed by atoms with Gasteiger partial charge in [-0.05, 0) is 54.9 Å². The SMILES string of the molecule is O=[P+](OC(Cc1ccccc1)(Cc1ccccc1)Cc1ccc2ccccc2c1)OC(Cc1ccccc1)(Cc1ccccc1)Cc1ccc2ccccc2c1. The van der Waals surface area contributed by atoms with Crippen molar-refractivity contribution < 1.29 is 13.6 Å². The lowest BCUT2D eigenvalue weighted by atomic mass is 9.82. The average Bonchev–Trinajstić information content (AvgIpc) is 3.22. The molecule has 0 fully saturated rings. The maximum atomic E-state index is 15.1. The molecule has 0 amide bonds. The number of hydrogen-bond donors (Lipinski definition) is 0. The van der Waals surface area contributed by atoms with Gasteiger partial charge < -0.3 is 0 Å². The normalized spacial score (nSPS) is 11.9. The van der Waals surface area contributed by atoms with E-state index < -0.39 is 19.5 Å². The molecule has 0 bridgehead atoms. The highest BCUT2D eigenvalue weighted by atomic mass is 31.1. The summed E-state index contributed by atoms with van der Waals surface area (Å²) >= 11 is 0. The Morgan fingerprint density at radius 3 is 0.893 bits per heavy atom. The van der Waals surface area contributed by atoms with Crippen molar-refractivity contribution >= 4 is 29.8 Å². The van der Waals surface area contributed by atoms with Crippen molar-refractivity contribution in [3.63, 3.8) is 0 Å². The topological polar surface area (TPSA) is 35.5 Å². The summed E-state index contributed by atoms with van der Waals surface area (Å²) in [4.78, 5) is 0. The van der Waals surface area contributed by atoms with E-state index in [2.05, 4.69) is 182 Å². The summed E-state index contributed by atoms with van der Waals surface area (Å²) < 4.78 is 29.3. The second kappa shape index (κ2) is 17.4. The minimum atomic E-state index is -2.65. The molecule has 0 saturated heterocycles. The third-order valence-corrected chi connectivity index (χ3v) is 11.8. The summed E-state index contributed by atoms with van der Waals surface area (Å²) in [5.41, 5.74) is 4.91. The lowest BCUT2D eigenvalue weighted by molar-refractivity contribution is 0.0109. The second-order valence-electron chi connectivity index (χ2n) is 15.1. The standard InChI is InChI=1S/C52H46O3P/c53-56(54-51(35-41-17-5-1-6-18-41,36-42-19-7-2-8-20-42)39-45-29-31-47-25-13-15-27-49(47)33-45)55-52(37-43-21-9-3-10-22-43,38-44-23-11-4-12-24-44)40-46-30-32-48-26-14-16-28-50(48)34-46/h1-34H,35-40H2/q+1. The fraction of sp³-hybridized carbons (Fsp3) is 0.154. The van der Waals surface area contributed by atoms with Crippen LogP contribution in [0.15, 0.2) is 206 Å². The molecule has 0 saturated carbocycles. The molecule has 0 aliphatic carbocycles. The summed E-state index contributed by atoms with van der Waals surface area (Å²) in [5, 5.41) is 4.70. The molecule has 0 radical (unpaired) electrons. The molecule has 0 spiro atoms. The van der Waals surface area contributed by atoms with Crippen LogP contribution < -0.4 is 0 Å². The minimum absolute atomic E-state index is 0.543. The third-order valence-electron chi connectivity index (χ3n) is 10.7. The zero-order valence-corrected chi connectivity index (χ0v) is 32.4. The first-order chi connectivity index (χ1) is 27.5. The van der Waals surface area contributed by atoms with Crippen molar-refractivity contribution in [2.75, 3.05) is 0 Å². The lowest BCUT2D eigenvalue weighted by Crippen LogP contribution is -2.41. The maximum absolute atomic E-state index is 15.1. The molecule has 3 nitrogen and oxygen atoms in total. The van der Waals surface area contributed by atoms with Crippen molar-refractivity contribution in [3.05, 3.63) is 240 Å². The Balaban J connectivity index is 1.22. The fourth-order valence-electron chi connectivity index (χ4n) is 8.22. The quantitative estimate of drug-likeness (QED) is 0.0923. The smallest absolute Gasteiger partial charge is 0.111 e. The highest BCUT2D eigenvalue weighted by molar-refractivity contribution is 7.33. The molecule has 0 aliphatic heterocycles. The summed E-state index contributed by atoms with van der Waals surface area (Å²) in [5.74, 6) is 0. The Hall–Kier alpha value is -5.70. The monoisotopic (exact) mass is 749 g/mol. The first-order valence-corrected chi connectivity index (χ1v) is 20.6. The molecule has 56 heavy (non-hydrogen) atoms. The molecule has 4 heteroatoms. The van der Waals surface area contributed by atoms with Crippen LogP contribution >= 0.6 is 8.25 Å². The summed E-state index contributed by atoms with van der Waals surface area (Å²) in [6.45, 7) is 0. The van der Waals surface area contributed by atoms with Crippen molar-refractivity contribution in [1.29, 1.82) is 0 Å². The predicted molar refractivity (Wildman–Crippen MR) is 231 cm³/mol. The molecular formula is C52H46O3P+. The van der Waals surface area contributed by atoms with E-state index in [0.29, 0.717) is 38.5 Å². The lowest BCUT2D eigenvalue weighted by Gasteiger charge is -2.32. The van der Waals surface area contributed by atoms with Gasteiger partial charge in [-0.25, -0.2) is 0 Å². The molecule has 276 valence electrons. The zero-order chi connectivity index (χ0) is 38.0. The van der Waals surface area contributed by atoms with E-state index >= 15 is 4.57 Å². The van der Waals surface area contributed by atoms with Crippen LogP contribution in [0.1, 0.15) is 33.4 Å². The van der Waals surface area contributed by atoms with Crippen molar-refractivity contribution in [2.24, 2.45) is 0 Å². The van der Waals surface area contributed by atoms with Gasteiger partial charge in [-0.1, -0.05) is 206 Å². The van der Waals surface area contributed by atoms with Crippen molar-refractivity contribution in [1.82, 2.24) is 0 Å². The Morgan fingerprint density at radius 2 is 0.571 bits per heavy atom. The predicted octanol–water partition coefficient (Wildman–Crippen LogP) is 12.9. The van der Waals surface area contributed by atoms with Crippen molar-refractivity contribution in [2.45, 2.75) is 49.7 Å². The molecule has 0 atom stereocenters. The van der Waals surface area contributed by atoms with Crippen LogP contribution in [0, 0.1) is 0 Å². The third kappa shape index (κ3) is 9.56. The van der Waals surface area contributed by atoms with E-state index in [1.807, 2.05) is 24.3 Å². The molecule has 0 unspecified atom stereocenters. The molecule has 0 aromatic heterocycles. The maximum Gasteiger partial charge on any atom is 0.698 e. The van der Waals surface area contributed by atoms with Gasteiger partial charge in [0, 0.05) is 43.1 Å². The van der Waals surface area contributed by atoms with Crippen LogP contribution in [0.3, 0.4) is 0 Å². The molecular weight excluding hydrogens is 704 g/mol. The van der Waals surface area contributed by atoms with Crippen LogP contribution in [0.2, 0.25) is 0 Å². The second-order valence-corrected chi connectivity index (χ2v) is 16.0. The summed E-state index contributed by atoms with van der Waals surface area (Å²) in [7, 11) is -2.65. The van der Waals surface area contributed by atoms with E-state index in [1.54, 1.807) is 0 Å². The van der Waals surface area contributed by atoms with Gasteiger partial charge in [-0.2, -0.15) is 0 Å².